The molecule has 1 fully saturated rings. The van der Waals surface area contributed by atoms with Crippen molar-refractivity contribution in [2.24, 2.45) is 5.73 Å². The summed E-state index contributed by atoms with van der Waals surface area (Å²) in [7, 11) is 2.18. The predicted molar refractivity (Wildman–Crippen MR) is 90.9 cm³/mol. The van der Waals surface area contributed by atoms with Gasteiger partial charge in [-0.1, -0.05) is 30.7 Å². The Labute approximate surface area is 131 Å². The van der Waals surface area contributed by atoms with Gasteiger partial charge in [0.2, 0.25) is 0 Å². The summed E-state index contributed by atoms with van der Waals surface area (Å²) in [5, 5.41) is 0.729. The van der Waals surface area contributed by atoms with E-state index in [9.17, 15) is 0 Å². The fraction of sp³-hybridized carbons (Fsp3) is 0.533. The molecule has 0 aromatic heterocycles. The smallest absolute Gasteiger partial charge is 0.106 e. The van der Waals surface area contributed by atoms with Crippen LogP contribution < -0.4 is 10.6 Å². The standard InChI is InChI=1S/C15H22ClN3S/c1-3-12-10-18(2)7-4-8-19(12)14-9-11(16)5-6-13(14)15(17)20/h5-6,9,12H,3-4,7-8,10H2,1-2H3,(H2,17,20). The van der Waals surface area contributed by atoms with Crippen LogP contribution in [0.25, 0.3) is 0 Å². The molecule has 20 heavy (non-hydrogen) atoms. The Morgan fingerprint density at radius 1 is 1.45 bits per heavy atom. The Morgan fingerprint density at radius 3 is 2.85 bits per heavy atom. The lowest BCUT2D eigenvalue weighted by atomic mass is 10.1. The van der Waals surface area contributed by atoms with E-state index in [2.05, 4.69) is 23.8 Å². The highest BCUT2D eigenvalue weighted by Gasteiger charge is 2.24. The number of hydrogen-bond acceptors (Lipinski definition) is 3. The molecule has 1 heterocycles. The monoisotopic (exact) mass is 311 g/mol. The van der Waals surface area contributed by atoms with Crippen LogP contribution in [0.1, 0.15) is 25.3 Å². The number of halogens is 1. The van der Waals surface area contributed by atoms with E-state index >= 15 is 0 Å². The summed E-state index contributed by atoms with van der Waals surface area (Å²) in [6.07, 6.45) is 2.23. The molecule has 1 atom stereocenters. The molecular weight excluding hydrogens is 290 g/mol. The van der Waals surface area contributed by atoms with Crippen LogP contribution in [0, 0.1) is 0 Å². The van der Waals surface area contributed by atoms with E-state index in [0.717, 1.165) is 48.7 Å². The van der Waals surface area contributed by atoms with Gasteiger partial charge in [-0.15, -0.1) is 0 Å². The van der Waals surface area contributed by atoms with Crippen LogP contribution in [-0.2, 0) is 0 Å². The van der Waals surface area contributed by atoms with Crippen molar-refractivity contribution in [3.05, 3.63) is 28.8 Å². The number of nitrogens with two attached hydrogens (primary N) is 1. The van der Waals surface area contributed by atoms with E-state index in [-0.39, 0.29) is 0 Å². The minimum Gasteiger partial charge on any atom is -0.389 e. The van der Waals surface area contributed by atoms with Crippen LogP contribution in [-0.4, -0.2) is 42.6 Å². The van der Waals surface area contributed by atoms with Gasteiger partial charge in [0, 0.05) is 35.4 Å². The molecular formula is C15H22ClN3S. The van der Waals surface area contributed by atoms with Crippen molar-refractivity contribution in [3.63, 3.8) is 0 Å². The van der Waals surface area contributed by atoms with E-state index in [1.54, 1.807) is 0 Å². The van der Waals surface area contributed by atoms with Crippen molar-refractivity contribution in [2.45, 2.75) is 25.8 Å². The van der Waals surface area contributed by atoms with Crippen LogP contribution in [0.4, 0.5) is 5.69 Å². The second kappa shape index (κ2) is 6.74. The molecule has 2 rings (SSSR count). The van der Waals surface area contributed by atoms with Gasteiger partial charge in [-0.2, -0.15) is 0 Å². The lowest BCUT2D eigenvalue weighted by Crippen LogP contribution is -2.40. The zero-order valence-corrected chi connectivity index (χ0v) is 13.7. The van der Waals surface area contributed by atoms with Gasteiger partial charge in [0.15, 0.2) is 0 Å². The van der Waals surface area contributed by atoms with E-state index < -0.39 is 0 Å². The lowest BCUT2D eigenvalue weighted by molar-refractivity contribution is 0.328. The third-order valence-corrected chi connectivity index (χ3v) is 4.36. The highest BCUT2D eigenvalue weighted by molar-refractivity contribution is 7.80. The summed E-state index contributed by atoms with van der Waals surface area (Å²) in [4.78, 5) is 5.24. The van der Waals surface area contributed by atoms with Crippen LogP contribution in [0.2, 0.25) is 5.02 Å². The zero-order chi connectivity index (χ0) is 14.7. The molecule has 1 saturated heterocycles. The molecule has 0 aliphatic carbocycles. The largest absolute Gasteiger partial charge is 0.389 e. The van der Waals surface area contributed by atoms with Crippen LogP contribution in [0.3, 0.4) is 0 Å². The maximum Gasteiger partial charge on any atom is 0.106 e. The number of benzene rings is 1. The molecule has 1 aromatic carbocycles. The SMILES string of the molecule is CCC1CN(C)CCCN1c1cc(Cl)ccc1C(N)=S. The maximum atomic E-state index is 6.18. The molecule has 1 unspecified atom stereocenters. The van der Waals surface area contributed by atoms with Crippen molar-refractivity contribution in [3.8, 4) is 0 Å². The van der Waals surface area contributed by atoms with Crippen LogP contribution >= 0.6 is 23.8 Å². The minimum absolute atomic E-state index is 0.434. The van der Waals surface area contributed by atoms with E-state index in [1.165, 1.54) is 0 Å². The molecule has 0 saturated carbocycles. The zero-order valence-electron chi connectivity index (χ0n) is 12.1. The highest BCUT2D eigenvalue weighted by Crippen LogP contribution is 2.29. The Kier molecular flexibility index (Phi) is 5.24. The van der Waals surface area contributed by atoms with Gasteiger partial charge < -0.3 is 15.5 Å². The summed E-state index contributed by atoms with van der Waals surface area (Å²) < 4.78 is 0. The summed E-state index contributed by atoms with van der Waals surface area (Å²) >= 11 is 11.4. The highest BCUT2D eigenvalue weighted by atomic mass is 35.5. The summed E-state index contributed by atoms with van der Waals surface area (Å²) in [6, 6.07) is 6.24. The van der Waals surface area contributed by atoms with Gasteiger partial charge in [-0.3, -0.25) is 0 Å². The van der Waals surface area contributed by atoms with Crippen molar-refractivity contribution in [1.82, 2.24) is 4.90 Å². The number of nitrogens with zero attached hydrogens (tertiary/aromatic N) is 2. The average Bonchev–Trinajstić information content (AvgIpc) is 2.59. The Balaban J connectivity index is 2.41. The first-order chi connectivity index (χ1) is 9.52. The molecule has 1 aromatic rings. The van der Waals surface area contributed by atoms with Gasteiger partial charge in [0.25, 0.3) is 0 Å². The van der Waals surface area contributed by atoms with Gasteiger partial charge in [-0.05, 0) is 44.6 Å². The Bertz CT molecular complexity index is 492. The van der Waals surface area contributed by atoms with E-state index in [0.29, 0.717) is 11.0 Å². The minimum atomic E-state index is 0.434. The summed E-state index contributed by atoms with van der Waals surface area (Å²) in [5.74, 6) is 0. The van der Waals surface area contributed by atoms with Crippen LogP contribution in [0.15, 0.2) is 18.2 Å². The third-order valence-electron chi connectivity index (χ3n) is 3.91. The van der Waals surface area contributed by atoms with E-state index in [1.807, 2.05) is 18.2 Å². The second-order valence-corrected chi connectivity index (χ2v) is 6.27. The molecule has 0 amide bonds. The molecule has 5 heteroatoms. The number of rotatable bonds is 3. The first-order valence-corrected chi connectivity index (χ1v) is 7.86. The third kappa shape index (κ3) is 3.43. The number of hydrogen-bond donors (Lipinski definition) is 1. The van der Waals surface area contributed by atoms with Crippen molar-refractivity contribution < 1.29 is 0 Å². The first kappa shape index (κ1) is 15.5. The summed E-state index contributed by atoms with van der Waals surface area (Å²) in [6.45, 7) is 5.41. The number of thiocarbonyl (C=S) groups is 1. The molecule has 2 N–H and O–H groups in total. The first-order valence-electron chi connectivity index (χ1n) is 7.07. The Hall–Kier alpha value is -0.840. The van der Waals surface area contributed by atoms with Crippen molar-refractivity contribution in [2.75, 3.05) is 31.6 Å². The van der Waals surface area contributed by atoms with Crippen LogP contribution in [0.5, 0.6) is 0 Å². The van der Waals surface area contributed by atoms with Crippen molar-refractivity contribution >= 4 is 34.5 Å². The second-order valence-electron chi connectivity index (χ2n) is 5.40. The van der Waals surface area contributed by atoms with E-state index in [4.69, 9.17) is 29.6 Å². The molecule has 0 spiro atoms. The number of anilines is 1. The molecule has 0 radical (unpaired) electrons. The predicted octanol–water partition coefficient (Wildman–Crippen LogP) is 2.89. The van der Waals surface area contributed by atoms with Gasteiger partial charge in [0.1, 0.15) is 4.99 Å². The fourth-order valence-corrected chi connectivity index (χ4v) is 3.20. The fourth-order valence-electron chi connectivity index (χ4n) is 2.86. The molecule has 3 nitrogen and oxygen atoms in total. The molecule has 1 aliphatic heterocycles. The normalized spacial score (nSPS) is 20.8. The topological polar surface area (TPSA) is 32.5 Å². The lowest BCUT2D eigenvalue weighted by Gasteiger charge is -2.33. The maximum absolute atomic E-state index is 6.18. The Morgan fingerprint density at radius 2 is 2.20 bits per heavy atom. The van der Waals surface area contributed by atoms with Crippen molar-refractivity contribution in [1.29, 1.82) is 0 Å². The van der Waals surface area contributed by atoms with Gasteiger partial charge in [-0.25, -0.2) is 0 Å². The van der Waals surface area contributed by atoms with Gasteiger partial charge >= 0.3 is 0 Å². The number of likely N-dealkylation sites (N-methyl/N-ethyl adjacent to an activating group) is 1. The average molecular weight is 312 g/mol. The van der Waals surface area contributed by atoms with Gasteiger partial charge in [0.05, 0.1) is 0 Å². The molecule has 0 bridgehead atoms. The quantitative estimate of drug-likeness (QED) is 0.870. The summed E-state index contributed by atoms with van der Waals surface area (Å²) in [5.41, 5.74) is 7.88. The molecule has 1 aliphatic rings. The molecule has 110 valence electrons.